The number of piperidine rings is 1. The molecule has 0 aromatic carbocycles. The fourth-order valence-corrected chi connectivity index (χ4v) is 2.69. The molecule has 5 nitrogen and oxygen atoms in total. The third-order valence-corrected chi connectivity index (χ3v) is 3.90. The van der Waals surface area contributed by atoms with Crippen molar-refractivity contribution in [1.29, 1.82) is 0 Å². The van der Waals surface area contributed by atoms with Crippen molar-refractivity contribution in [2.24, 2.45) is 4.99 Å². The predicted molar refractivity (Wildman–Crippen MR) is 105 cm³/mol. The summed E-state index contributed by atoms with van der Waals surface area (Å²) in [5, 5.41) is 6.95. The topological polar surface area (TPSA) is 48.9 Å². The van der Waals surface area contributed by atoms with Crippen LogP contribution in [0.15, 0.2) is 4.99 Å². The van der Waals surface area contributed by atoms with Gasteiger partial charge in [-0.25, -0.2) is 0 Å². The lowest BCUT2D eigenvalue weighted by Gasteiger charge is -2.32. The highest BCUT2D eigenvalue weighted by Gasteiger charge is 2.18. The molecule has 0 radical (unpaired) electrons. The molecule has 22 heavy (non-hydrogen) atoms. The first-order valence-corrected chi connectivity index (χ1v) is 8.57. The van der Waals surface area contributed by atoms with Crippen LogP contribution in [0.25, 0.3) is 0 Å². The Kier molecular flexibility index (Phi) is 14.5. The molecule has 6 heteroatoms. The van der Waals surface area contributed by atoms with Crippen molar-refractivity contribution in [2.45, 2.75) is 52.0 Å². The zero-order valence-electron chi connectivity index (χ0n) is 14.6. The van der Waals surface area contributed by atoms with E-state index in [1.807, 2.05) is 14.0 Å². The van der Waals surface area contributed by atoms with E-state index in [0.717, 1.165) is 38.6 Å². The van der Waals surface area contributed by atoms with Gasteiger partial charge in [0.05, 0.1) is 0 Å². The van der Waals surface area contributed by atoms with Crippen molar-refractivity contribution in [3.8, 4) is 0 Å². The Balaban J connectivity index is 0.00000441. The third-order valence-electron chi connectivity index (χ3n) is 3.90. The molecule has 1 saturated heterocycles. The van der Waals surface area contributed by atoms with Crippen LogP contribution < -0.4 is 10.6 Å². The van der Waals surface area contributed by atoms with Gasteiger partial charge >= 0.3 is 0 Å². The average Bonchev–Trinajstić information content (AvgIpc) is 2.51. The van der Waals surface area contributed by atoms with Gasteiger partial charge in [-0.15, -0.1) is 24.0 Å². The number of hydrogen-bond acceptors (Lipinski definition) is 3. The van der Waals surface area contributed by atoms with Crippen molar-refractivity contribution >= 4 is 29.9 Å². The van der Waals surface area contributed by atoms with Gasteiger partial charge in [0, 0.05) is 45.9 Å². The number of guanidine groups is 1. The minimum atomic E-state index is 0. The van der Waals surface area contributed by atoms with Crippen LogP contribution in [0.4, 0.5) is 0 Å². The number of nitrogens with one attached hydrogen (secondary N) is 2. The van der Waals surface area contributed by atoms with Crippen LogP contribution in [0.5, 0.6) is 0 Å². The van der Waals surface area contributed by atoms with E-state index in [2.05, 4.69) is 27.4 Å². The normalized spacial score (nSPS) is 17.1. The first-order valence-electron chi connectivity index (χ1n) is 8.57. The first kappa shape index (κ1) is 21.9. The molecule has 1 rings (SSSR count). The van der Waals surface area contributed by atoms with Gasteiger partial charge < -0.3 is 20.3 Å². The number of ether oxygens (including phenoxy) is 1. The molecule has 0 aliphatic carbocycles. The number of likely N-dealkylation sites (tertiary alicyclic amines) is 1. The summed E-state index contributed by atoms with van der Waals surface area (Å²) < 4.78 is 5.34. The standard InChI is InChI=1S/C16H34N4O.HI/c1-4-11-20-12-8-15(9-13-20)19-16(17-3)18-10-6-7-14-21-5-2;/h15H,4-14H2,1-3H3,(H2,17,18,19);1H. The van der Waals surface area contributed by atoms with Gasteiger partial charge in [0.25, 0.3) is 0 Å². The van der Waals surface area contributed by atoms with Crippen LogP contribution >= 0.6 is 24.0 Å². The highest BCUT2D eigenvalue weighted by Crippen LogP contribution is 2.10. The lowest BCUT2D eigenvalue weighted by atomic mass is 10.1. The van der Waals surface area contributed by atoms with Gasteiger partial charge in [-0.3, -0.25) is 4.99 Å². The number of hydrogen-bond donors (Lipinski definition) is 2. The molecule has 2 N–H and O–H groups in total. The molecular formula is C16H35IN4O. The maximum atomic E-state index is 5.34. The van der Waals surface area contributed by atoms with E-state index < -0.39 is 0 Å². The molecule has 0 amide bonds. The van der Waals surface area contributed by atoms with E-state index in [1.54, 1.807) is 0 Å². The summed E-state index contributed by atoms with van der Waals surface area (Å²) in [5.74, 6) is 0.945. The summed E-state index contributed by atoms with van der Waals surface area (Å²) in [6, 6.07) is 0.563. The largest absolute Gasteiger partial charge is 0.382 e. The van der Waals surface area contributed by atoms with Crippen molar-refractivity contribution in [3.05, 3.63) is 0 Å². The Hall–Kier alpha value is -0.0800. The quantitative estimate of drug-likeness (QED) is 0.258. The Bertz CT molecular complexity index is 281. The van der Waals surface area contributed by atoms with E-state index in [1.165, 1.54) is 38.9 Å². The number of halogens is 1. The van der Waals surface area contributed by atoms with E-state index in [-0.39, 0.29) is 24.0 Å². The number of aliphatic imine (C=N–C) groups is 1. The van der Waals surface area contributed by atoms with Crippen LogP contribution in [-0.2, 0) is 4.74 Å². The molecule has 0 saturated carbocycles. The Morgan fingerprint density at radius 1 is 1.23 bits per heavy atom. The van der Waals surface area contributed by atoms with E-state index in [9.17, 15) is 0 Å². The molecule has 1 fully saturated rings. The summed E-state index contributed by atoms with van der Waals surface area (Å²) in [7, 11) is 1.85. The molecule has 0 aromatic rings. The minimum Gasteiger partial charge on any atom is -0.382 e. The van der Waals surface area contributed by atoms with Crippen molar-refractivity contribution in [1.82, 2.24) is 15.5 Å². The summed E-state index contributed by atoms with van der Waals surface area (Å²) in [5.41, 5.74) is 0. The zero-order chi connectivity index (χ0) is 15.3. The molecule has 0 unspecified atom stereocenters. The minimum absolute atomic E-state index is 0. The fourth-order valence-electron chi connectivity index (χ4n) is 2.69. The Morgan fingerprint density at radius 3 is 2.55 bits per heavy atom. The second-order valence-corrected chi connectivity index (χ2v) is 5.66. The second-order valence-electron chi connectivity index (χ2n) is 5.66. The monoisotopic (exact) mass is 426 g/mol. The number of unbranched alkanes of at least 4 members (excludes halogenated alkanes) is 1. The van der Waals surface area contributed by atoms with Gasteiger partial charge in [0.2, 0.25) is 0 Å². The van der Waals surface area contributed by atoms with Crippen LogP contribution in [0.1, 0.15) is 46.0 Å². The van der Waals surface area contributed by atoms with Gasteiger partial charge in [0.1, 0.15) is 0 Å². The molecule has 1 aliphatic rings. The molecule has 0 aromatic heterocycles. The number of rotatable bonds is 9. The SMILES string of the molecule is CCCN1CCC(NC(=NC)NCCCCOCC)CC1.I. The molecular weight excluding hydrogens is 391 g/mol. The smallest absolute Gasteiger partial charge is 0.191 e. The molecule has 0 atom stereocenters. The molecule has 1 aliphatic heterocycles. The maximum Gasteiger partial charge on any atom is 0.191 e. The highest BCUT2D eigenvalue weighted by molar-refractivity contribution is 14.0. The van der Waals surface area contributed by atoms with Crippen molar-refractivity contribution in [3.63, 3.8) is 0 Å². The van der Waals surface area contributed by atoms with Crippen LogP contribution in [0.2, 0.25) is 0 Å². The van der Waals surface area contributed by atoms with Gasteiger partial charge in [-0.1, -0.05) is 6.92 Å². The average molecular weight is 426 g/mol. The summed E-state index contributed by atoms with van der Waals surface area (Å²) >= 11 is 0. The Labute approximate surface area is 153 Å². The summed E-state index contributed by atoms with van der Waals surface area (Å²) in [4.78, 5) is 6.88. The van der Waals surface area contributed by atoms with E-state index >= 15 is 0 Å². The van der Waals surface area contributed by atoms with Gasteiger partial charge in [-0.2, -0.15) is 0 Å². The first-order chi connectivity index (χ1) is 10.3. The second kappa shape index (κ2) is 14.5. The number of nitrogens with zero attached hydrogens (tertiary/aromatic N) is 2. The maximum absolute atomic E-state index is 5.34. The van der Waals surface area contributed by atoms with Gasteiger partial charge in [0.15, 0.2) is 5.96 Å². The molecule has 1 heterocycles. The van der Waals surface area contributed by atoms with E-state index in [0.29, 0.717) is 6.04 Å². The van der Waals surface area contributed by atoms with Crippen molar-refractivity contribution < 1.29 is 4.74 Å². The zero-order valence-corrected chi connectivity index (χ0v) is 16.9. The van der Waals surface area contributed by atoms with Crippen LogP contribution in [-0.4, -0.2) is 63.3 Å². The Morgan fingerprint density at radius 2 is 1.95 bits per heavy atom. The van der Waals surface area contributed by atoms with Crippen LogP contribution in [0, 0.1) is 0 Å². The fraction of sp³-hybridized carbons (Fsp3) is 0.938. The lowest BCUT2D eigenvalue weighted by Crippen LogP contribution is -2.48. The molecule has 0 bridgehead atoms. The van der Waals surface area contributed by atoms with E-state index in [4.69, 9.17) is 4.74 Å². The third kappa shape index (κ3) is 9.84. The molecule has 0 spiro atoms. The lowest BCUT2D eigenvalue weighted by molar-refractivity contribution is 0.143. The molecule has 132 valence electrons. The summed E-state index contributed by atoms with van der Waals surface area (Å²) in [6.45, 7) is 10.6. The van der Waals surface area contributed by atoms with Gasteiger partial charge in [-0.05, 0) is 45.6 Å². The van der Waals surface area contributed by atoms with Crippen molar-refractivity contribution in [2.75, 3.05) is 46.4 Å². The predicted octanol–water partition coefficient (Wildman–Crippen LogP) is 2.46. The highest BCUT2D eigenvalue weighted by atomic mass is 127. The van der Waals surface area contributed by atoms with Crippen LogP contribution in [0.3, 0.4) is 0 Å². The summed E-state index contributed by atoms with van der Waals surface area (Å²) in [6.07, 6.45) is 5.90.